The van der Waals surface area contributed by atoms with Crippen LogP contribution in [-0.4, -0.2) is 10.5 Å². The van der Waals surface area contributed by atoms with E-state index in [1.54, 1.807) is 13.0 Å². The molecule has 3 nitrogen and oxygen atoms in total. The highest BCUT2D eigenvalue weighted by atomic mass is 35.5. The molecule has 0 saturated carbocycles. The van der Waals surface area contributed by atoms with Crippen molar-refractivity contribution in [3.63, 3.8) is 0 Å². The first kappa shape index (κ1) is 8.14. The van der Waals surface area contributed by atoms with Crippen LogP contribution in [0.25, 0.3) is 0 Å². The molecule has 0 spiro atoms. The Morgan fingerprint density at radius 1 is 1.73 bits per heavy atom. The molecule has 1 heterocycles. The van der Waals surface area contributed by atoms with Crippen molar-refractivity contribution in [3.05, 3.63) is 22.5 Å². The average molecular weight is 173 g/mol. The molecule has 4 heteroatoms. The van der Waals surface area contributed by atoms with E-state index < -0.39 is 0 Å². The number of hydrogen-bond acceptors (Lipinski definition) is 2. The molecular formula is C7H9ClN2O. The number of carbonyl (C=O) groups is 1. The van der Waals surface area contributed by atoms with Crippen LogP contribution in [0.2, 0.25) is 5.02 Å². The molecule has 0 bridgehead atoms. The first-order chi connectivity index (χ1) is 5.04. The molecule has 0 aliphatic rings. The van der Waals surface area contributed by atoms with E-state index in [2.05, 4.69) is 0 Å². The fourth-order valence-electron chi connectivity index (χ4n) is 0.951. The van der Waals surface area contributed by atoms with Crippen LogP contribution in [0.5, 0.6) is 0 Å². The Morgan fingerprint density at radius 3 is 2.45 bits per heavy atom. The molecule has 1 aromatic heterocycles. The Labute approximate surface area is 69.7 Å². The zero-order chi connectivity index (χ0) is 8.59. The Morgan fingerprint density at radius 2 is 2.27 bits per heavy atom. The van der Waals surface area contributed by atoms with Gasteiger partial charge in [0.25, 0.3) is 0 Å². The van der Waals surface area contributed by atoms with Crippen molar-refractivity contribution < 1.29 is 4.79 Å². The van der Waals surface area contributed by atoms with Gasteiger partial charge in [-0.05, 0) is 13.0 Å². The molecule has 0 atom stereocenters. The molecule has 1 aromatic rings. The predicted molar refractivity (Wildman–Crippen MR) is 44.3 cm³/mol. The monoisotopic (exact) mass is 172 g/mol. The van der Waals surface area contributed by atoms with E-state index in [0.717, 1.165) is 5.69 Å². The van der Waals surface area contributed by atoms with Crippen molar-refractivity contribution in [2.24, 2.45) is 0 Å². The summed E-state index contributed by atoms with van der Waals surface area (Å²) in [5, 5.41) is 0.414. The first-order valence-corrected chi connectivity index (χ1v) is 3.55. The Kier molecular flexibility index (Phi) is 1.91. The molecule has 0 aliphatic carbocycles. The van der Waals surface area contributed by atoms with Gasteiger partial charge in [-0.25, -0.2) is 0 Å². The van der Waals surface area contributed by atoms with Gasteiger partial charge in [0, 0.05) is 12.6 Å². The van der Waals surface area contributed by atoms with Crippen LogP contribution in [0.3, 0.4) is 0 Å². The van der Waals surface area contributed by atoms with E-state index >= 15 is 0 Å². The number of nitrogens with two attached hydrogens (primary N) is 1. The number of aromatic nitrogens is 1. The summed E-state index contributed by atoms with van der Waals surface area (Å²) >= 11 is 5.72. The second-order valence-corrected chi connectivity index (χ2v) is 2.82. The fourth-order valence-corrected chi connectivity index (χ4v) is 1.33. The normalized spacial score (nSPS) is 10.1. The van der Waals surface area contributed by atoms with Gasteiger partial charge in [-0.2, -0.15) is 0 Å². The highest BCUT2D eigenvalue weighted by Gasteiger charge is 2.12. The molecule has 0 aromatic carbocycles. The van der Waals surface area contributed by atoms with Crippen molar-refractivity contribution in [2.75, 3.05) is 5.84 Å². The standard InChI is InChI=1S/C7H9ClN2O/c1-4-3-6(8)7(5(2)11)10(4)9/h3H,9H2,1-2H3. The smallest absolute Gasteiger partial charge is 0.179 e. The topological polar surface area (TPSA) is 48.0 Å². The molecule has 0 radical (unpaired) electrons. The molecule has 11 heavy (non-hydrogen) atoms. The number of nitrogens with zero attached hydrogens (tertiary/aromatic N) is 1. The lowest BCUT2D eigenvalue weighted by atomic mass is 10.3. The fraction of sp³-hybridized carbons (Fsp3) is 0.286. The predicted octanol–water partition coefficient (Wildman–Crippen LogP) is 1.37. The third kappa shape index (κ3) is 1.24. The second kappa shape index (κ2) is 2.58. The lowest BCUT2D eigenvalue weighted by molar-refractivity contribution is 0.101. The summed E-state index contributed by atoms with van der Waals surface area (Å²) in [6.45, 7) is 3.22. The van der Waals surface area contributed by atoms with Gasteiger partial charge in [0.15, 0.2) is 5.78 Å². The number of Topliss-reactive ketones (excluding diaryl/α,β-unsaturated/α-hetero) is 1. The minimum absolute atomic E-state index is 0.120. The minimum Gasteiger partial charge on any atom is -0.339 e. The number of halogens is 1. The third-order valence-electron chi connectivity index (χ3n) is 1.52. The number of aryl methyl sites for hydroxylation is 1. The Hall–Kier alpha value is -0.960. The molecule has 0 amide bonds. The van der Waals surface area contributed by atoms with Gasteiger partial charge in [-0.15, -0.1) is 0 Å². The van der Waals surface area contributed by atoms with Crippen molar-refractivity contribution in [2.45, 2.75) is 13.8 Å². The zero-order valence-electron chi connectivity index (χ0n) is 6.39. The van der Waals surface area contributed by atoms with Gasteiger partial charge in [0.1, 0.15) is 5.69 Å². The number of carbonyl (C=O) groups excluding carboxylic acids is 1. The van der Waals surface area contributed by atoms with Crippen LogP contribution in [0, 0.1) is 6.92 Å². The van der Waals surface area contributed by atoms with Crippen molar-refractivity contribution >= 4 is 17.4 Å². The van der Waals surface area contributed by atoms with Crippen LogP contribution in [0.15, 0.2) is 6.07 Å². The molecule has 0 unspecified atom stereocenters. The Bertz CT molecular complexity index is 304. The summed E-state index contributed by atoms with van der Waals surface area (Å²) in [5.41, 5.74) is 1.14. The summed E-state index contributed by atoms with van der Waals surface area (Å²) in [6.07, 6.45) is 0. The van der Waals surface area contributed by atoms with Gasteiger partial charge in [0.05, 0.1) is 5.02 Å². The van der Waals surface area contributed by atoms with Gasteiger partial charge < -0.3 is 5.84 Å². The lowest BCUT2D eigenvalue weighted by Gasteiger charge is -2.00. The van der Waals surface area contributed by atoms with E-state index in [-0.39, 0.29) is 5.78 Å². The van der Waals surface area contributed by atoms with E-state index in [4.69, 9.17) is 17.4 Å². The van der Waals surface area contributed by atoms with Gasteiger partial charge in [0.2, 0.25) is 0 Å². The summed E-state index contributed by atoms with van der Waals surface area (Å²) in [4.78, 5) is 10.9. The van der Waals surface area contributed by atoms with E-state index in [9.17, 15) is 4.79 Å². The first-order valence-electron chi connectivity index (χ1n) is 3.18. The van der Waals surface area contributed by atoms with Crippen LogP contribution >= 0.6 is 11.6 Å². The van der Waals surface area contributed by atoms with E-state index in [1.165, 1.54) is 11.6 Å². The molecule has 0 fully saturated rings. The van der Waals surface area contributed by atoms with Crippen LogP contribution < -0.4 is 5.84 Å². The third-order valence-corrected chi connectivity index (χ3v) is 1.80. The molecule has 0 saturated heterocycles. The maximum Gasteiger partial charge on any atom is 0.179 e. The Balaban J connectivity index is 3.34. The minimum atomic E-state index is -0.120. The molecule has 2 N–H and O–H groups in total. The zero-order valence-corrected chi connectivity index (χ0v) is 7.14. The van der Waals surface area contributed by atoms with Crippen LogP contribution in [-0.2, 0) is 0 Å². The van der Waals surface area contributed by atoms with Crippen LogP contribution in [0.4, 0.5) is 0 Å². The van der Waals surface area contributed by atoms with Gasteiger partial charge in [-0.3, -0.25) is 9.47 Å². The summed E-state index contributed by atoms with van der Waals surface area (Å²) in [7, 11) is 0. The second-order valence-electron chi connectivity index (χ2n) is 2.41. The maximum absolute atomic E-state index is 10.9. The highest BCUT2D eigenvalue weighted by Crippen LogP contribution is 2.18. The summed E-state index contributed by atoms with van der Waals surface area (Å²) < 4.78 is 1.30. The summed E-state index contributed by atoms with van der Waals surface area (Å²) in [5.74, 6) is 5.40. The average Bonchev–Trinajstić information content (AvgIpc) is 2.07. The van der Waals surface area contributed by atoms with E-state index in [1.807, 2.05) is 0 Å². The van der Waals surface area contributed by atoms with E-state index in [0.29, 0.717) is 10.7 Å². The molecular weight excluding hydrogens is 164 g/mol. The largest absolute Gasteiger partial charge is 0.339 e. The molecule has 60 valence electrons. The highest BCUT2D eigenvalue weighted by molar-refractivity contribution is 6.33. The number of nitrogen functional groups attached to an aromatic ring is 1. The van der Waals surface area contributed by atoms with Gasteiger partial charge >= 0.3 is 0 Å². The molecule has 1 rings (SSSR count). The number of hydrogen-bond donors (Lipinski definition) is 1. The number of rotatable bonds is 1. The van der Waals surface area contributed by atoms with Crippen LogP contribution in [0.1, 0.15) is 23.1 Å². The number of ketones is 1. The maximum atomic E-state index is 10.9. The van der Waals surface area contributed by atoms with Crippen molar-refractivity contribution in [1.29, 1.82) is 0 Å². The lowest BCUT2D eigenvalue weighted by Crippen LogP contribution is -2.16. The van der Waals surface area contributed by atoms with Gasteiger partial charge in [-0.1, -0.05) is 11.6 Å². The quantitative estimate of drug-likeness (QED) is 0.514. The molecule has 0 aliphatic heterocycles. The SMILES string of the molecule is CC(=O)c1c(Cl)cc(C)n1N. The summed E-state index contributed by atoms with van der Waals surface area (Å²) in [6, 6.07) is 1.66. The van der Waals surface area contributed by atoms with Crippen molar-refractivity contribution in [1.82, 2.24) is 4.68 Å². The van der Waals surface area contributed by atoms with Crippen molar-refractivity contribution in [3.8, 4) is 0 Å².